The number of nitrogens with zero attached hydrogens (tertiary/aromatic N) is 2. The van der Waals surface area contributed by atoms with Crippen molar-refractivity contribution in [3.05, 3.63) is 40.0 Å². The number of aryl methyl sites for hydroxylation is 2. The molecule has 0 saturated carbocycles. The van der Waals surface area contributed by atoms with Crippen LogP contribution in [0.5, 0.6) is 0 Å². The van der Waals surface area contributed by atoms with Gasteiger partial charge in [0, 0.05) is 28.5 Å². The van der Waals surface area contributed by atoms with Gasteiger partial charge in [-0.1, -0.05) is 35.3 Å². The van der Waals surface area contributed by atoms with E-state index in [9.17, 15) is 0 Å². The zero-order valence-electron chi connectivity index (χ0n) is 12.7. The monoisotopic (exact) mass is 348 g/mol. The summed E-state index contributed by atoms with van der Waals surface area (Å²) >= 11 is 3.54. The fourth-order valence-corrected chi connectivity index (χ4v) is 2.29. The van der Waals surface area contributed by atoms with Gasteiger partial charge in [0.05, 0.1) is 0 Å². The molecule has 0 aliphatic rings. The summed E-state index contributed by atoms with van der Waals surface area (Å²) in [6, 6.07) is 8.08. The first-order valence-electron chi connectivity index (χ1n) is 7.21. The van der Waals surface area contributed by atoms with Crippen LogP contribution >= 0.6 is 15.9 Å². The molecule has 0 bridgehead atoms. The Bertz CT molecular complexity index is 613. The van der Waals surface area contributed by atoms with Crippen molar-refractivity contribution in [1.82, 2.24) is 9.97 Å². The molecule has 2 aromatic rings. The minimum Gasteiger partial charge on any atom is -0.370 e. The maximum Gasteiger partial charge on any atom is 0.229 e. The van der Waals surface area contributed by atoms with Crippen LogP contribution in [0.25, 0.3) is 0 Å². The third-order valence-corrected chi connectivity index (χ3v) is 3.97. The molecule has 0 amide bonds. The molecule has 0 unspecified atom stereocenters. The van der Waals surface area contributed by atoms with E-state index in [2.05, 4.69) is 56.4 Å². The van der Waals surface area contributed by atoms with Gasteiger partial charge in [0.2, 0.25) is 5.95 Å². The van der Waals surface area contributed by atoms with Crippen molar-refractivity contribution in [2.24, 2.45) is 0 Å². The maximum atomic E-state index is 4.50. The smallest absolute Gasteiger partial charge is 0.229 e. The second-order valence-corrected chi connectivity index (χ2v) is 5.94. The lowest BCUT2D eigenvalue weighted by molar-refractivity contribution is 0.830. The zero-order chi connectivity index (χ0) is 15.2. The van der Waals surface area contributed by atoms with Gasteiger partial charge in [-0.2, -0.15) is 4.98 Å². The molecule has 0 radical (unpaired) electrons. The number of benzene rings is 1. The molecule has 2 N–H and O–H groups in total. The average Bonchev–Trinajstić information content (AvgIpc) is 2.43. The highest BCUT2D eigenvalue weighted by atomic mass is 79.9. The van der Waals surface area contributed by atoms with Gasteiger partial charge in [-0.05, 0) is 38.0 Å². The number of hydrogen-bond donors (Lipinski definition) is 2. The van der Waals surface area contributed by atoms with Crippen molar-refractivity contribution in [3.8, 4) is 0 Å². The molecule has 0 fully saturated rings. The molecule has 0 atom stereocenters. The number of rotatable bonds is 6. The van der Waals surface area contributed by atoms with E-state index in [4.69, 9.17) is 0 Å². The van der Waals surface area contributed by atoms with Crippen molar-refractivity contribution >= 4 is 33.4 Å². The molecular formula is C16H21BrN4. The van der Waals surface area contributed by atoms with Gasteiger partial charge in [0.15, 0.2) is 0 Å². The van der Waals surface area contributed by atoms with E-state index >= 15 is 0 Å². The van der Waals surface area contributed by atoms with Gasteiger partial charge in [-0.15, -0.1) is 0 Å². The van der Waals surface area contributed by atoms with E-state index in [1.807, 2.05) is 25.1 Å². The first-order valence-corrected chi connectivity index (χ1v) is 8.00. The Kier molecular flexibility index (Phi) is 5.56. The van der Waals surface area contributed by atoms with Crippen molar-refractivity contribution in [3.63, 3.8) is 0 Å². The van der Waals surface area contributed by atoms with Gasteiger partial charge >= 0.3 is 0 Å². The van der Waals surface area contributed by atoms with Crippen molar-refractivity contribution < 1.29 is 0 Å². The zero-order valence-corrected chi connectivity index (χ0v) is 14.3. The molecule has 21 heavy (non-hydrogen) atoms. The number of nitrogens with one attached hydrogen (secondary N) is 2. The molecular weight excluding hydrogens is 328 g/mol. The standard InChI is InChI=1S/C16H21BrN4/c1-4-5-8-18-15-9-12(3)19-16(21-15)20-13-7-6-11(2)14(17)10-13/h6-7,9-10H,4-5,8H2,1-3H3,(H2,18,19,20,21). The quantitative estimate of drug-likeness (QED) is 0.735. The summed E-state index contributed by atoms with van der Waals surface area (Å²) < 4.78 is 1.07. The Hall–Kier alpha value is -1.62. The van der Waals surface area contributed by atoms with Crippen LogP contribution in [0.3, 0.4) is 0 Å². The van der Waals surface area contributed by atoms with Crippen LogP contribution in [0.4, 0.5) is 17.5 Å². The SMILES string of the molecule is CCCCNc1cc(C)nc(Nc2ccc(C)c(Br)c2)n1. The normalized spacial score (nSPS) is 10.5. The highest BCUT2D eigenvalue weighted by Crippen LogP contribution is 2.23. The van der Waals surface area contributed by atoms with E-state index in [0.717, 1.165) is 34.6 Å². The van der Waals surface area contributed by atoms with Crippen LogP contribution in [-0.2, 0) is 0 Å². The van der Waals surface area contributed by atoms with Gasteiger partial charge < -0.3 is 10.6 Å². The maximum absolute atomic E-state index is 4.50. The molecule has 1 aromatic heterocycles. The van der Waals surface area contributed by atoms with Crippen LogP contribution in [0.15, 0.2) is 28.7 Å². The summed E-state index contributed by atoms with van der Waals surface area (Å²) in [4.78, 5) is 8.94. The Balaban J connectivity index is 2.13. The number of anilines is 3. The average molecular weight is 349 g/mol. The van der Waals surface area contributed by atoms with Gasteiger partial charge in [-0.3, -0.25) is 0 Å². The van der Waals surface area contributed by atoms with E-state index in [1.165, 1.54) is 12.0 Å². The van der Waals surface area contributed by atoms with Crippen LogP contribution < -0.4 is 10.6 Å². The first-order chi connectivity index (χ1) is 10.1. The van der Waals surface area contributed by atoms with Gasteiger partial charge in [0.25, 0.3) is 0 Å². The van der Waals surface area contributed by atoms with E-state index in [1.54, 1.807) is 0 Å². The van der Waals surface area contributed by atoms with Gasteiger partial charge in [0.1, 0.15) is 5.82 Å². The largest absolute Gasteiger partial charge is 0.370 e. The minimum atomic E-state index is 0.616. The minimum absolute atomic E-state index is 0.616. The first kappa shape index (κ1) is 15.8. The van der Waals surface area contributed by atoms with Crippen molar-refractivity contribution in [2.75, 3.05) is 17.2 Å². The van der Waals surface area contributed by atoms with Crippen LogP contribution in [0, 0.1) is 13.8 Å². The molecule has 0 aliphatic carbocycles. The summed E-state index contributed by atoms with van der Waals surface area (Å²) in [5.74, 6) is 1.48. The second kappa shape index (κ2) is 7.41. The lowest BCUT2D eigenvalue weighted by Crippen LogP contribution is -2.06. The second-order valence-electron chi connectivity index (χ2n) is 5.09. The summed E-state index contributed by atoms with van der Waals surface area (Å²) in [5, 5.41) is 6.58. The molecule has 112 valence electrons. The van der Waals surface area contributed by atoms with Crippen molar-refractivity contribution in [2.45, 2.75) is 33.6 Å². The molecule has 5 heteroatoms. The highest BCUT2D eigenvalue weighted by molar-refractivity contribution is 9.10. The molecule has 0 aliphatic heterocycles. The Morgan fingerprint density at radius 2 is 1.95 bits per heavy atom. The number of halogens is 1. The fourth-order valence-electron chi connectivity index (χ4n) is 1.91. The fraction of sp³-hybridized carbons (Fsp3) is 0.375. The summed E-state index contributed by atoms with van der Waals surface area (Å²) in [6.45, 7) is 7.15. The molecule has 0 spiro atoms. The summed E-state index contributed by atoms with van der Waals surface area (Å²) in [5.41, 5.74) is 3.11. The highest BCUT2D eigenvalue weighted by Gasteiger charge is 2.04. The predicted molar refractivity (Wildman–Crippen MR) is 92.3 cm³/mol. The van der Waals surface area contributed by atoms with Crippen LogP contribution in [0.1, 0.15) is 31.0 Å². The van der Waals surface area contributed by atoms with Crippen molar-refractivity contribution in [1.29, 1.82) is 0 Å². The predicted octanol–water partition coefficient (Wildman–Crippen LogP) is 4.81. The summed E-state index contributed by atoms with van der Waals surface area (Å²) in [7, 11) is 0. The molecule has 2 rings (SSSR count). The van der Waals surface area contributed by atoms with Gasteiger partial charge in [-0.25, -0.2) is 4.98 Å². The molecule has 1 heterocycles. The van der Waals surface area contributed by atoms with E-state index in [0.29, 0.717) is 5.95 Å². The molecule has 0 saturated heterocycles. The Morgan fingerprint density at radius 1 is 1.14 bits per heavy atom. The van der Waals surface area contributed by atoms with Crippen LogP contribution in [0.2, 0.25) is 0 Å². The Morgan fingerprint density at radius 3 is 2.67 bits per heavy atom. The number of aromatic nitrogens is 2. The lowest BCUT2D eigenvalue weighted by atomic mass is 10.2. The lowest BCUT2D eigenvalue weighted by Gasteiger charge is -2.10. The molecule has 4 nitrogen and oxygen atoms in total. The van der Waals surface area contributed by atoms with E-state index < -0.39 is 0 Å². The number of unbranched alkanes of at least 4 members (excludes halogenated alkanes) is 1. The molecule has 1 aromatic carbocycles. The Labute approximate surface area is 134 Å². The number of hydrogen-bond acceptors (Lipinski definition) is 4. The summed E-state index contributed by atoms with van der Waals surface area (Å²) in [6.07, 6.45) is 2.30. The third-order valence-electron chi connectivity index (χ3n) is 3.12. The van der Waals surface area contributed by atoms with Crippen LogP contribution in [-0.4, -0.2) is 16.5 Å². The topological polar surface area (TPSA) is 49.8 Å². The van der Waals surface area contributed by atoms with E-state index in [-0.39, 0.29) is 0 Å². The third kappa shape index (κ3) is 4.70.